The number of fused-ring (bicyclic) bond motifs is 5. The Bertz CT molecular complexity index is 2710. The number of anilines is 6. The maximum absolute atomic E-state index is 6.84. The van der Waals surface area contributed by atoms with E-state index in [4.69, 9.17) is 4.42 Å². The zero-order chi connectivity index (χ0) is 37.6. The monoisotopic (exact) mass is 720 g/mol. The van der Waals surface area contributed by atoms with Crippen LogP contribution in [0.2, 0.25) is 0 Å². The molecule has 1 heterocycles. The summed E-state index contributed by atoms with van der Waals surface area (Å²) in [6.45, 7) is 4.64. The fraction of sp³-hybridized carbons (Fsp3) is 0.0566. The third-order valence-electron chi connectivity index (χ3n) is 11.2. The number of nitrogens with zero attached hydrogens (tertiary/aromatic N) is 2. The van der Waals surface area contributed by atoms with Crippen molar-refractivity contribution in [3.63, 3.8) is 0 Å². The highest BCUT2D eigenvalue weighted by Crippen LogP contribution is 2.54. The number of rotatable bonds is 8. The molecule has 10 rings (SSSR count). The van der Waals surface area contributed by atoms with E-state index in [-0.39, 0.29) is 5.41 Å². The molecule has 0 saturated carbocycles. The Labute approximate surface area is 328 Å². The first kappa shape index (κ1) is 33.5. The highest BCUT2D eigenvalue weighted by atomic mass is 16.3. The van der Waals surface area contributed by atoms with Gasteiger partial charge in [-0.15, -0.1) is 0 Å². The van der Waals surface area contributed by atoms with Crippen molar-refractivity contribution in [2.75, 3.05) is 9.80 Å². The molecule has 0 amide bonds. The molecule has 268 valence electrons. The molecule has 1 aliphatic rings. The number of hydrogen-bond acceptors (Lipinski definition) is 3. The second-order valence-electron chi connectivity index (χ2n) is 15.0. The summed E-state index contributed by atoms with van der Waals surface area (Å²) in [6, 6.07) is 73.4. The van der Waals surface area contributed by atoms with E-state index in [1.54, 1.807) is 0 Å². The fourth-order valence-corrected chi connectivity index (χ4v) is 8.49. The van der Waals surface area contributed by atoms with E-state index in [0.29, 0.717) is 0 Å². The van der Waals surface area contributed by atoms with Gasteiger partial charge in [-0.3, -0.25) is 0 Å². The Kier molecular flexibility index (Phi) is 8.15. The lowest BCUT2D eigenvalue weighted by atomic mass is 9.81. The topological polar surface area (TPSA) is 19.6 Å². The molecule has 0 spiro atoms. The van der Waals surface area contributed by atoms with Gasteiger partial charge in [0.2, 0.25) is 0 Å². The van der Waals surface area contributed by atoms with Crippen LogP contribution >= 0.6 is 0 Å². The zero-order valence-electron chi connectivity index (χ0n) is 31.4. The predicted molar refractivity (Wildman–Crippen MR) is 234 cm³/mol. The molecule has 0 atom stereocenters. The third kappa shape index (κ3) is 5.77. The van der Waals surface area contributed by atoms with E-state index in [2.05, 4.69) is 230 Å². The van der Waals surface area contributed by atoms with Crippen LogP contribution in [0.3, 0.4) is 0 Å². The summed E-state index contributed by atoms with van der Waals surface area (Å²) >= 11 is 0. The largest absolute Gasteiger partial charge is 0.456 e. The molecular weight excluding hydrogens is 681 g/mol. The van der Waals surface area contributed by atoms with Gasteiger partial charge in [-0.1, -0.05) is 135 Å². The van der Waals surface area contributed by atoms with E-state index < -0.39 is 0 Å². The minimum Gasteiger partial charge on any atom is -0.456 e. The van der Waals surface area contributed by atoms with Gasteiger partial charge in [0, 0.05) is 56.1 Å². The molecule has 0 fully saturated rings. The smallest absolute Gasteiger partial charge is 0.139 e. The number of furan rings is 1. The maximum Gasteiger partial charge on any atom is 0.139 e. The van der Waals surface area contributed by atoms with Crippen molar-refractivity contribution in [1.82, 2.24) is 0 Å². The summed E-state index contributed by atoms with van der Waals surface area (Å²) in [5.74, 6) is 0.978. The Morgan fingerprint density at radius 1 is 0.375 bits per heavy atom. The van der Waals surface area contributed by atoms with Gasteiger partial charge in [0.05, 0.1) is 0 Å². The number of hydrogen-bond donors (Lipinski definition) is 0. The Hall–Kier alpha value is -7.10. The molecule has 1 aromatic heterocycles. The van der Waals surface area contributed by atoms with Gasteiger partial charge >= 0.3 is 0 Å². The van der Waals surface area contributed by atoms with Crippen molar-refractivity contribution in [3.8, 4) is 33.6 Å². The molecule has 0 saturated heterocycles. The summed E-state index contributed by atoms with van der Waals surface area (Å²) in [6.07, 6.45) is 0. The van der Waals surface area contributed by atoms with Crippen LogP contribution in [-0.2, 0) is 5.41 Å². The Morgan fingerprint density at radius 3 is 1.20 bits per heavy atom. The predicted octanol–water partition coefficient (Wildman–Crippen LogP) is 15.0. The van der Waals surface area contributed by atoms with Crippen LogP contribution in [0.15, 0.2) is 211 Å². The van der Waals surface area contributed by atoms with Gasteiger partial charge in [-0.05, 0) is 113 Å². The lowest BCUT2D eigenvalue weighted by molar-refractivity contribution is 0.619. The van der Waals surface area contributed by atoms with Crippen LogP contribution in [0.4, 0.5) is 34.1 Å². The van der Waals surface area contributed by atoms with Crippen molar-refractivity contribution in [3.05, 3.63) is 217 Å². The number of para-hydroxylation sites is 4. The number of benzene rings is 8. The van der Waals surface area contributed by atoms with Crippen LogP contribution in [0.1, 0.15) is 25.0 Å². The molecule has 0 radical (unpaired) electrons. The summed E-state index contributed by atoms with van der Waals surface area (Å²) in [7, 11) is 0. The molecule has 0 bridgehead atoms. The molecule has 3 heteroatoms. The van der Waals surface area contributed by atoms with Crippen LogP contribution in [-0.4, -0.2) is 0 Å². The second kappa shape index (κ2) is 13.6. The third-order valence-corrected chi connectivity index (χ3v) is 11.2. The van der Waals surface area contributed by atoms with Gasteiger partial charge < -0.3 is 14.2 Å². The van der Waals surface area contributed by atoms with E-state index in [1.165, 1.54) is 33.2 Å². The molecule has 8 aromatic carbocycles. The lowest BCUT2D eigenvalue weighted by Crippen LogP contribution is -2.14. The van der Waals surface area contributed by atoms with Gasteiger partial charge in [-0.2, -0.15) is 0 Å². The first-order valence-corrected chi connectivity index (χ1v) is 19.3. The molecule has 9 aromatic rings. The fourth-order valence-electron chi connectivity index (χ4n) is 8.49. The van der Waals surface area contributed by atoms with Gasteiger partial charge in [-0.25, -0.2) is 0 Å². The highest BCUT2D eigenvalue weighted by molar-refractivity contribution is 5.97. The van der Waals surface area contributed by atoms with Gasteiger partial charge in [0.25, 0.3) is 0 Å². The SMILES string of the molecule is CC1(C)c2ccc(-c3ccc(N(c4ccccc4)c4ccccc4)cc3)cc2-c2oc3cc(-c4ccc(N(c5ccccc5)c5ccccc5)cc4)ccc3c21. The van der Waals surface area contributed by atoms with E-state index in [9.17, 15) is 0 Å². The van der Waals surface area contributed by atoms with E-state index >= 15 is 0 Å². The van der Waals surface area contributed by atoms with Gasteiger partial charge in [0.15, 0.2) is 0 Å². The molecule has 0 N–H and O–H groups in total. The first-order chi connectivity index (χ1) is 27.5. The van der Waals surface area contributed by atoms with E-state index in [0.717, 1.165) is 56.6 Å². The van der Waals surface area contributed by atoms with Crippen LogP contribution in [0, 0.1) is 0 Å². The average Bonchev–Trinajstić information content (AvgIpc) is 3.75. The van der Waals surface area contributed by atoms with E-state index in [1.807, 2.05) is 0 Å². The van der Waals surface area contributed by atoms with Crippen molar-refractivity contribution in [2.45, 2.75) is 19.3 Å². The standard InChI is InChI=1S/C53H40N2O/c1-53(2)49-34-28-39(37-23-29-45(30-24-37)54(41-15-7-3-8-16-41)42-17-9-4-10-18-42)35-48(49)52-51(53)47-33-27-40(36-50(47)56-52)38-25-31-46(32-26-38)55(43-19-11-5-12-20-43)44-21-13-6-14-22-44/h3-36H,1-2H3. The van der Waals surface area contributed by atoms with Crippen LogP contribution < -0.4 is 9.80 Å². The summed E-state index contributed by atoms with van der Waals surface area (Å²) in [5, 5.41) is 1.17. The Morgan fingerprint density at radius 2 is 0.750 bits per heavy atom. The minimum atomic E-state index is -0.189. The summed E-state index contributed by atoms with van der Waals surface area (Å²) in [4.78, 5) is 4.58. The Balaban J connectivity index is 0.971. The minimum absolute atomic E-state index is 0.189. The molecular formula is C53H40N2O. The lowest BCUT2D eigenvalue weighted by Gasteiger charge is -2.25. The molecule has 0 unspecified atom stereocenters. The summed E-state index contributed by atoms with van der Waals surface area (Å²) in [5.41, 5.74) is 15.8. The highest BCUT2D eigenvalue weighted by Gasteiger charge is 2.40. The molecule has 1 aliphatic carbocycles. The van der Waals surface area contributed by atoms with Gasteiger partial charge in [0.1, 0.15) is 11.3 Å². The molecule has 3 nitrogen and oxygen atoms in total. The maximum atomic E-state index is 6.84. The van der Waals surface area contributed by atoms with Crippen molar-refractivity contribution in [1.29, 1.82) is 0 Å². The summed E-state index contributed by atoms with van der Waals surface area (Å²) < 4.78 is 6.84. The van der Waals surface area contributed by atoms with Crippen molar-refractivity contribution < 1.29 is 4.42 Å². The molecule has 0 aliphatic heterocycles. The normalized spacial score (nSPS) is 12.6. The molecule has 56 heavy (non-hydrogen) atoms. The van der Waals surface area contributed by atoms with Crippen LogP contribution in [0.25, 0.3) is 44.5 Å². The second-order valence-corrected chi connectivity index (χ2v) is 15.0. The van der Waals surface area contributed by atoms with Crippen molar-refractivity contribution >= 4 is 45.1 Å². The first-order valence-electron chi connectivity index (χ1n) is 19.3. The quantitative estimate of drug-likeness (QED) is 0.156. The average molecular weight is 721 g/mol. The zero-order valence-corrected chi connectivity index (χ0v) is 31.4. The van der Waals surface area contributed by atoms with Crippen molar-refractivity contribution in [2.24, 2.45) is 0 Å². The van der Waals surface area contributed by atoms with Crippen LogP contribution in [0.5, 0.6) is 0 Å².